The monoisotopic (exact) mass is 261 g/mol. The predicted octanol–water partition coefficient (Wildman–Crippen LogP) is 1.39. The van der Waals surface area contributed by atoms with Gasteiger partial charge >= 0.3 is 5.69 Å². The number of aromatic nitrogens is 3. The first-order valence-electron chi connectivity index (χ1n) is 5.40. The van der Waals surface area contributed by atoms with Crippen molar-refractivity contribution in [2.24, 2.45) is 5.10 Å². The van der Waals surface area contributed by atoms with Crippen LogP contribution in [-0.4, -0.2) is 31.1 Å². The zero-order valence-electron chi connectivity index (χ0n) is 10.3. The quantitative estimate of drug-likeness (QED) is 0.510. The molecule has 1 N–H and O–H groups in total. The number of rotatable bonds is 3. The molecule has 0 saturated carbocycles. The number of aromatic hydroxyl groups is 1. The van der Waals surface area contributed by atoms with Crippen molar-refractivity contribution in [3.63, 3.8) is 0 Å². The summed E-state index contributed by atoms with van der Waals surface area (Å²) in [6, 6.07) is 4.23. The van der Waals surface area contributed by atoms with Crippen LogP contribution in [0.25, 0.3) is 0 Å². The summed E-state index contributed by atoms with van der Waals surface area (Å²) in [7, 11) is 0. The molecule has 0 fully saturated rings. The molecular formula is C11H11N5O3. The molecule has 0 amide bonds. The lowest BCUT2D eigenvalue weighted by atomic mass is 10.2. The molecule has 0 atom stereocenters. The first-order chi connectivity index (χ1) is 9.00. The number of hydrogen-bond donors (Lipinski definition) is 1. The Morgan fingerprint density at radius 3 is 2.58 bits per heavy atom. The van der Waals surface area contributed by atoms with Gasteiger partial charge in [0.15, 0.2) is 11.6 Å². The van der Waals surface area contributed by atoms with E-state index in [0.717, 1.165) is 0 Å². The maximum Gasteiger partial charge on any atom is 0.311 e. The summed E-state index contributed by atoms with van der Waals surface area (Å²) in [6.07, 6.45) is 1.33. The van der Waals surface area contributed by atoms with E-state index in [2.05, 4.69) is 15.3 Å². The highest BCUT2D eigenvalue weighted by Crippen LogP contribution is 2.27. The maximum atomic E-state index is 10.7. The average molecular weight is 261 g/mol. The first kappa shape index (κ1) is 12.7. The van der Waals surface area contributed by atoms with Crippen LogP contribution in [0.4, 0.5) is 5.69 Å². The third-order valence-corrected chi connectivity index (χ3v) is 2.51. The molecule has 1 heterocycles. The molecule has 0 aliphatic heterocycles. The zero-order valence-corrected chi connectivity index (χ0v) is 10.3. The number of nitro groups is 1. The molecule has 0 aliphatic carbocycles. The number of phenolic OH excluding ortho intramolecular Hbond substituents is 1. The summed E-state index contributed by atoms with van der Waals surface area (Å²) in [6.45, 7) is 3.45. The fourth-order valence-electron chi connectivity index (χ4n) is 1.55. The zero-order chi connectivity index (χ0) is 14.0. The second-order valence-electron chi connectivity index (χ2n) is 3.82. The van der Waals surface area contributed by atoms with E-state index in [1.807, 2.05) is 0 Å². The third kappa shape index (κ3) is 2.41. The van der Waals surface area contributed by atoms with Gasteiger partial charge in [-0.1, -0.05) is 6.07 Å². The Hall–Kier alpha value is -2.77. The van der Waals surface area contributed by atoms with Crippen LogP contribution >= 0.6 is 0 Å². The van der Waals surface area contributed by atoms with Crippen molar-refractivity contribution < 1.29 is 10.0 Å². The molecule has 8 nitrogen and oxygen atoms in total. The van der Waals surface area contributed by atoms with Crippen LogP contribution in [0, 0.1) is 24.0 Å². The fraction of sp³-hybridized carbons (Fsp3) is 0.182. The first-order valence-corrected chi connectivity index (χ1v) is 5.40. The summed E-state index contributed by atoms with van der Waals surface area (Å²) in [5.41, 5.74) is -0.108. The van der Waals surface area contributed by atoms with Gasteiger partial charge in [0.1, 0.15) is 0 Å². The van der Waals surface area contributed by atoms with Crippen LogP contribution < -0.4 is 0 Å². The van der Waals surface area contributed by atoms with Crippen molar-refractivity contribution in [3.05, 3.63) is 45.5 Å². The van der Waals surface area contributed by atoms with Gasteiger partial charge < -0.3 is 5.11 Å². The molecule has 2 aromatic rings. The number of benzene rings is 1. The highest BCUT2D eigenvalue weighted by Gasteiger charge is 2.15. The number of hydrogen-bond acceptors (Lipinski definition) is 6. The predicted molar refractivity (Wildman–Crippen MR) is 67.2 cm³/mol. The highest BCUT2D eigenvalue weighted by atomic mass is 16.6. The smallest absolute Gasteiger partial charge is 0.311 e. The molecule has 0 unspecified atom stereocenters. The molecule has 0 spiro atoms. The van der Waals surface area contributed by atoms with Gasteiger partial charge in [-0.15, -0.1) is 10.2 Å². The summed E-state index contributed by atoms with van der Waals surface area (Å²) in [5, 5.41) is 32.2. The Balaban J connectivity index is 2.39. The normalized spacial score (nSPS) is 11.1. The van der Waals surface area contributed by atoms with Crippen molar-refractivity contribution in [1.82, 2.24) is 14.9 Å². The van der Waals surface area contributed by atoms with Gasteiger partial charge in [-0.3, -0.25) is 10.1 Å². The van der Waals surface area contributed by atoms with E-state index >= 15 is 0 Å². The van der Waals surface area contributed by atoms with Gasteiger partial charge in [-0.2, -0.15) is 5.10 Å². The van der Waals surface area contributed by atoms with Gasteiger partial charge in [0.25, 0.3) is 0 Å². The molecule has 0 aliphatic rings. The van der Waals surface area contributed by atoms with Crippen LogP contribution in [0.2, 0.25) is 0 Å². The minimum Gasteiger partial charge on any atom is -0.502 e. The maximum absolute atomic E-state index is 10.7. The Morgan fingerprint density at radius 1 is 1.37 bits per heavy atom. The SMILES string of the molecule is Cc1nnc(C)n1/N=C/c1cccc([N+](=O)[O-])c1O. The second kappa shape index (κ2) is 4.84. The van der Waals surface area contributed by atoms with Gasteiger partial charge in [-0.05, 0) is 19.9 Å². The van der Waals surface area contributed by atoms with E-state index in [1.165, 1.54) is 29.1 Å². The number of nitro benzene ring substituents is 1. The lowest BCUT2D eigenvalue weighted by Gasteiger charge is -2.00. The minimum absolute atomic E-state index is 0.252. The summed E-state index contributed by atoms with van der Waals surface area (Å²) in [4.78, 5) is 10.0. The second-order valence-corrected chi connectivity index (χ2v) is 3.82. The standard InChI is InChI=1S/C11H11N5O3/c1-7-13-14-8(2)15(7)12-6-9-4-3-5-10(11(9)17)16(18)19/h3-6,17H,1-2H3/b12-6+. The van der Waals surface area contributed by atoms with E-state index in [-0.39, 0.29) is 11.3 Å². The molecule has 0 saturated heterocycles. The van der Waals surface area contributed by atoms with Crippen LogP contribution in [0.1, 0.15) is 17.2 Å². The average Bonchev–Trinajstić information content (AvgIpc) is 2.68. The number of aryl methyl sites for hydroxylation is 2. The molecule has 8 heteroatoms. The molecule has 1 aromatic heterocycles. The largest absolute Gasteiger partial charge is 0.502 e. The van der Waals surface area contributed by atoms with Crippen LogP contribution in [0.15, 0.2) is 23.3 Å². The number of phenols is 1. The van der Waals surface area contributed by atoms with Gasteiger partial charge in [0, 0.05) is 11.6 Å². The highest BCUT2D eigenvalue weighted by molar-refractivity contribution is 5.85. The summed E-state index contributed by atoms with van der Waals surface area (Å²) < 4.78 is 1.47. The summed E-state index contributed by atoms with van der Waals surface area (Å²) in [5.74, 6) is 0.747. The van der Waals surface area contributed by atoms with Gasteiger partial charge in [0.2, 0.25) is 5.75 Å². The molecule has 1 aromatic carbocycles. The van der Waals surface area contributed by atoms with E-state index in [9.17, 15) is 15.2 Å². The lowest BCUT2D eigenvalue weighted by Crippen LogP contribution is -1.97. The Kier molecular flexibility index (Phi) is 3.23. The van der Waals surface area contributed by atoms with E-state index < -0.39 is 10.7 Å². The van der Waals surface area contributed by atoms with Crippen molar-refractivity contribution in [2.75, 3.05) is 0 Å². The van der Waals surface area contributed by atoms with Crippen LogP contribution in [0.3, 0.4) is 0 Å². The minimum atomic E-state index is -0.651. The van der Waals surface area contributed by atoms with Crippen LogP contribution in [0.5, 0.6) is 5.75 Å². The molecular weight excluding hydrogens is 250 g/mol. The third-order valence-electron chi connectivity index (χ3n) is 2.51. The molecule has 98 valence electrons. The van der Waals surface area contributed by atoms with Gasteiger partial charge in [0.05, 0.1) is 11.1 Å². The van der Waals surface area contributed by atoms with Gasteiger partial charge in [-0.25, -0.2) is 4.68 Å². The van der Waals surface area contributed by atoms with Crippen molar-refractivity contribution in [2.45, 2.75) is 13.8 Å². The molecule has 0 radical (unpaired) electrons. The number of para-hydroxylation sites is 1. The van der Waals surface area contributed by atoms with Crippen molar-refractivity contribution >= 4 is 11.9 Å². The Labute approximate surface area is 108 Å². The molecule has 0 bridgehead atoms. The number of nitrogens with zero attached hydrogens (tertiary/aromatic N) is 5. The molecule has 2 rings (SSSR count). The Bertz CT molecular complexity index is 643. The summed E-state index contributed by atoms with van der Waals surface area (Å²) >= 11 is 0. The van der Waals surface area contributed by atoms with E-state index in [0.29, 0.717) is 11.6 Å². The lowest BCUT2D eigenvalue weighted by molar-refractivity contribution is -0.385. The van der Waals surface area contributed by atoms with Crippen molar-refractivity contribution in [3.8, 4) is 5.75 Å². The van der Waals surface area contributed by atoms with E-state index in [4.69, 9.17) is 0 Å². The Morgan fingerprint density at radius 2 is 2.00 bits per heavy atom. The van der Waals surface area contributed by atoms with Crippen molar-refractivity contribution in [1.29, 1.82) is 0 Å². The van der Waals surface area contributed by atoms with E-state index in [1.54, 1.807) is 13.8 Å². The molecule has 19 heavy (non-hydrogen) atoms. The fourth-order valence-corrected chi connectivity index (χ4v) is 1.55. The topological polar surface area (TPSA) is 106 Å². The van der Waals surface area contributed by atoms with Crippen LogP contribution in [-0.2, 0) is 0 Å².